The Hall–Kier alpha value is -1.15. The van der Waals surface area contributed by atoms with Crippen molar-refractivity contribution < 1.29 is 28.0 Å². The molecule has 0 saturated carbocycles. The monoisotopic (exact) mass is 349 g/mol. The molecule has 0 aliphatic carbocycles. The smallest absolute Gasteiger partial charge is 0.463 e. The lowest BCUT2D eigenvalue weighted by atomic mass is 10.2. The van der Waals surface area contributed by atoms with Crippen LogP contribution in [0.3, 0.4) is 0 Å². The second-order valence-electron chi connectivity index (χ2n) is 7.28. The van der Waals surface area contributed by atoms with Gasteiger partial charge in [-0.2, -0.15) is 0 Å². The summed E-state index contributed by atoms with van der Waals surface area (Å²) in [6.45, 7) is 12.9. The molecule has 0 N–H and O–H groups in total. The van der Waals surface area contributed by atoms with Crippen LogP contribution in [0.1, 0.15) is 48.5 Å². The maximum Gasteiger partial charge on any atom is 0.509 e. The quantitative estimate of drug-likeness (QED) is 0.558. The molecule has 1 aliphatic rings. The second-order valence-corrected chi connectivity index (χ2v) is 9.48. The van der Waals surface area contributed by atoms with E-state index in [-0.39, 0.29) is 6.61 Å². The van der Waals surface area contributed by atoms with Crippen molar-refractivity contribution in [2.75, 3.05) is 13.2 Å². The molecule has 8 heteroatoms. The van der Waals surface area contributed by atoms with Gasteiger partial charge in [-0.1, -0.05) is 0 Å². The number of hydrogen-bond donors (Lipinski definition) is 0. The van der Waals surface area contributed by atoms with Crippen LogP contribution >= 0.6 is 0 Å². The number of carbonyl (C=O) groups excluding carboxylic acids is 2. The normalized spacial score (nSPS) is 23.6. The average Bonchev–Trinajstić information content (AvgIpc) is 3.11. The molecular weight excluding hydrogens is 322 g/mol. The molecule has 0 spiro atoms. The highest BCUT2D eigenvalue weighted by Crippen LogP contribution is 2.31. The Bertz CT molecular complexity index is 479. The zero-order chi connectivity index (χ0) is 18.0. The lowest BCUT2D eigenvalue weighted by molar-refractivity contribution is -0.155. The van der Waals surface area contributed by atoms with Gasteiger partial charge in [-0.3, -0.25) is 0 Å². The van der Waals surface area contributed by atoms with Crippen LogP contribution in [0.5, 0.6) is 0 Å². The Kier molecular flexibility index (Phi) is 6.20. The zero-order valence-electron chi connectivity index (χ0n) is 14.9. The van der Waals surface area contributed by atoms with Gasteiger partial charge >= 0.3 is 12.1 Å². The van der Waals surface area contributed by atoms with Gasteiger partial charge in [0.1, 0.15) is 16.6 Å². The molecule has 0 radical (unpaired) electrons. The van der Waals surface area contributed by atoms with Crippen LogP contribution in [0.4, 0.5) is 4.79 Å². The van der Waals surface area contributed by atoms with Crippen LogP contribution < -0.4 is 0 Å². The van der Waals surface area contributed by atoms with Crippen molar-refractivity contribution in [1.29, 1.82) is 0 Å². The van der Waals surface area contributed by atoms with Crippen LogP contribution in [-0.4, -0.2) is 56.3 Å². The molecule has 0 aromatic heterocycles. The zero-order valence-corrected chi connectivity index (χ0v) is 15.7. The summed E-state index contributed by atoms with van der Waals surface area (Å²) < 4.78 is 28.7. The molecule has 0 bridgehead atoms. The Morgan fingerprint density at radius 2 is 1.78 bits per heavy atom. The predicted octanol–water partition coefficient (Wildman–Crippen LogP) is 2.02. The van der Waals surface area contributed by atoms with Crippen molar-refractivity contribution in [3.05, 3.63) is 0 Å². The van der Waals surface area contributed by atoms with Gasteiger partial charge in [0, 0.05) is 6.54 Å². The maximum atomic E-state index is 12.3. The fourth-order valence-corrected chi connectivity index (χ4v) is 3.16. The molecule has 7 nitrogen and oxygen atoms in total. The highest BCUT2D eigenvalue weighted by atomic mass is 32.2. The van der Waals surface area contributed by atoms with Gasteiger partial charge in [-0.25, -0.2) is 18.1 Å². The van der Waals surface area contributed by atoms with E-state index >= 15 is 0 Å². The maximum absolute atomic E-state index is 12.3. The molecule has 0 aromatic rings. The van der Waals surface area contributed by atoms with Crippen molar-refractivity contribution in [3.8, 4) is 0 Å². The largest absolute Gasteiger partial charge is 0.509 e. The molecule has 0 amide bonds. The molecule has 0 aromatic carbocycles. The van der Waals surface area contributed by atoms with Crippen LogP contribution in [0.25, 0.3) is 0 Å². The van der Waals surface area contributed by atoms with Gasteiger partial charge in [0.05, 0.1) is 17.4 Å². The summed E-state index contributed by atoms with van der Waals surface area (Å²) >= 11 is 0. The molecule has 1 fully saturated rings. The van der Waals surface area contributed by atoms with E-state index in [9.17, 15) is 13.8 Å². The number of carbonyl (C=O) groups is 2. The number of nitrogens with zero attached hydrogens (tertiary/aromatic N) is 1. The van der Waals surface area contributed by atoms with Crippen molar-refractivity contribution in [2.24, 2.45) is 0 Å². The first kappa shape index (κ1) is 19.9. The van der Waals surface area contributed by atoms with E-state index in [0.717, 1.165) is 0 Å². The topological polar surface area (TPSA) is 81.9 Å². The molecule has 134 valence electrons. The Balaban J connectivity index is 2.78. The van der Waals surface area contributed by atoms with Crippen molar-refractivity contribution in [3.63, 3.8) is 0 Å². The van der Waals surface area contributed by atoms with E-state index in [2.05, 4.69) is 0 Å². The summed E-state index contributed by atoms with van der Waals surface area (Å²) in [7, 11) is -1.29. The SMILES string of the molecule is CCOC(=O)[C@H](OC(=O)OC(C)(C)C)[C@@H]1CN1[S@](=O)C(C)(C)C. The minimum Gasteiger partial charge on any atom is -0.463 e. The third-order valence-electron chi connectivity index (χ3n) is 2.82. The minimum absolute atomic E-state index is 0.169. The van der Waals surface area contributed by atoms with Gasteiger partial charge in [0.2, 0.25) is 6.10 Å². The van der Waals surface area contributed by atoms with Gasteiger partial charge in [0.15, 0.2) is 0 Å². The van der Waals surface area contributed by atoms with Gasteiger partial charge < -0.3 is 14.2 Å². The lowest BCUT2D eigenvalue weighted by Crippen LogP contribution is -2.39. The number of rotatable bonds is 5. The average molecular weight is 349 g/mol. The summed E-state index contributed by atoms with van der Waals surface area (Å²) in [4.78, 5) is 23.9. The highest BCUT2D eigenvalue weighted by Gasteiger charge is 2.52. The van der Waals surface area contributed by atoms with Crippen molar-refractivity contribution >= 4 is 23.1 Å². The van der Waals surface area contributed by atoms with Gasteiger partial charge in [-0.05, 0) is 48.5 Å². The van der Waals surface area contributed by atoms with E-state index < -0.39 is 45.6 Å². The molecule has 1 aliphatic heterocycles. The predicted molar refractivity (Wildman–Crippen MR) is 86.1 cm³/mol. The first-order valence-corrected chi connectivity index (χ1v) is 8.72. The molecule has 23 heavy (non-hydrogen) atoms. The Labute approximate surface area is 140 Å². The third-order valence-corrected chi connectivity index (χ3v) is 4.71. The first-order valence-electron chi connectivity index (χ1n) is 7.61. The van der Waals surface area contributed by atoms with Crippen LogP contribution in [0.15, 0.2) is 0 Å². The summed E-state index contributed by atoms with van der Waals surface area (Å²) in [6.07, 6.45) is -2.08. The number of esters is 1. The number of hydrogen-bond acceptors (Lipinski definition) is 6. The summed E-state index contributed by atoms with van der Waals surface area (Å²) in [5.41, 5.74) is -0.728. The standard InChI is InChI=1S/C15H27NO6S/c1-8-20-12(17)11(21-13(18)22-14(2,3)4)10-9-16(10)23(19)15(5,6)7/h10-11H,8-9H2,1-7H3/t10-,11+,16?,23+/m0/s1. The van der Waals surface area contributed by atoms with E-state index in [1.807, 2.05) is 20.8 Å². The van der Waals surface area contributed by atoms with E-state index in [0.29, 0.717) is 6.54 Å². The Morgan fingerprint density at radius 3 is 2.22 bits per heavy atom. The van der Waals surface area contributed by atoms with Crippen molar-refractivity contribution in [1.82, 2.24) is 4.31 Å². The Morgan fingerprint density at radius 1 is 1.22 bits per heavy atom. The number of ether oxygens (including phenoxy) is 3. The second kappa shape index (κ2) is 7.17. The van der Waals surface area contributed by atoms with Crippen molar-refractivity contribution in [2.45, 2.75) is 71.0 Å². The van der Waals surface area contributed by atoms with E-state index in [1.165, 1.54) is 0 Å². The molecule has 1 unspecified atom stereocenters. The molecule has 1 saturated heterocycles. The van der Waals surface area contributed by atoms with Crippen LogP contribution in [-0.2, 0) is 30.0 Å². The molecule has 4 atom stereocenters. The minimum atomic E-state index is -1.29. The van der Waals surface area contributed by atoms with Gasteiger partial charge in [0.25, 0.3) is 0 Å². The molecule has 1 rings (SSSR count). The van der Waals surface area contributed by atoms with Crippen LogP contribution in [0.2, 0.25) is 0 Å². The first-order chi connectivity index (χ1) is 10.4. The fourth-order valence-electron chi connectivity index (χ4n) is 1.81. The van der Waals surface area contributed by atoms with Crippen LogP contribution in [0, 0.1) is 0 Å². The fraction of sp³-hybridized carbons (Fsp3) is 0.867. The van der Waals surface area contributed by atoms with E-state index in [4.69, 9.17) is 14.2 Å². The van der Waals surface area contributed by atoms with E-state index in [1.54, 1.807) is 32.0 Å². The summed E-state index contributed by atoms with van der Waals surface area (Å²) in [5.74, 6) is -0.656. The summed E-state index contributed by atoms with van der Waals surface area (Å²) in [5, 5.41) is 0. The summed E-state index contributed by atoms with van der Waals surface area (Å²) in [6, 6.07) is -0.457. The van der Waals surface area contributed by atoms with Gasteiger partial charge in [-0.15, -0.1) is 0 Å². The highest BCUT2D eigenvalue weighted by molar-refractivity contribution is 7.84. The molecule has 1 heterocycles. The lowest BCUT2D eigenvalue weighted by Gasteiger charge is -2.23. The molecular formula is C15H27NO6S. The third kappa shape index (κ3) is 6.10.